The molecular formula is C19H27N5O3. The van der Waals surface area contributed by atoms with Crippen LogP contribution in [-0.4, -0.2) is 50.8 Å². The van der Waals surface area contributed by atoms with Crippen molar-refractivity contribution in [1.82, 2.24) is 25.2 Å². The van der Waals surface area contributed by atoms with E-state index in [1.165, 1.54) is 0 Å². The van der Waals surface area contributed by atoms with Gasteiger partial charge >= 0.3 is 0 Å². The third kappa shape index (κ3) is 4.56. The van der Waals surface area contributed by atoms with Crippen LogP contribution < -0.4 is 5.32 Å². The number of aryl methyl sites for hydroxylation is 1. The van der Waals surface area contributed by atoms with E-state index in [0.29, 0.717) is 18.8 Å². The highest BCUT2D eigenvalue weighted by Gasteiger charge is 2.28. The normalized spacial score (nSPS) is 15.3. The van der Waals surface area contributed by atoms with Gasteiger partial charge in [0.15, 0.2) is 0 Å². The molecule has 2 aromatic rings. The van der Waals surface area contributed by atoms with Crippen molar-refractivity contribution in [2.75, 3.05) is 13.1 Å². The first-order chi connectivity index (χ1) is 13.0. The summed E-state index contributed by atoms with van der Waals surface area (Å²) in [6.45, 7) is 7.97. The molecular weight excluding hydrogens is 346 g/mol. The topological polar surface area (TPSA) is 93.3 Å². The van der Waals surface area contributed by atoms with E-state index in [1.54, 1.807) is 16.8 Å². The first-order valence-electron chi connectivity index (χ1n) is 9.58. The number of amides is 2. The van der Waals surface area contributed by atoms with Gasteiger partial charge in [0.05, 0.1) is 5.69 Å². The molecule has 0 aliphatic carbocycles. The van der Waals surface area contributed by atoms with Crippen LogP contribution >= 0.6 is 0 Å². The number of rotatable bonds is 6. The van der Waals surface area contributed by atoms with Gasteiger partial charge in [-0.25, -0.2) is 0 Å². The van der Waals surface area contributed by atoms with Crippen LogP contribution in [0.25, 0.3) is 0 Å². The van der Waals surface area contributed by atoms with E-state index in [0.717, 1.165) is 31.5 Å². The van der Waals surface area contributed by atoms with Gasteiger partial charge in [-0.15, -0.1) is 0 Å². The lowest BCUT2D eigenvalue weighted by Gasteiger charge is -2.30. The fraction of sp³-hybridized carbons (Fsp3) is 0.579. The minimum absolute atomic E-state index is 0.0274. The number of nitrogens with one attached hydrogen (secondary N) is 1. The van der Waals surface area contributed by atoms with Crippen LogP contribution in [0, 0.1) is 0 Å². The Morgan fingerprint density at radius 1 is 1.33 bits per heavy atom. The van der Waals surface area contributed by atoms with Gasteiger partial charge in [0.2, 0.25) is 5.76 Å². The third-order valence-electron chi connectivity index (χ3n) is 4.68. The molecule has 0 saturated carbocycles. The average Bonchev–Trinajstić information content (AvgIpc) is 3.31. The van der Waals surface area contributed by atoms with Crippen LogP contribution in [0.3, 0.4) is 0 Å². The number of carbonyl (C=O) groups excluding carboxylic acids is 2. The predicted molar refractivity (Wildman–Crippen MR) is 99.5 cm³/mol. The van der Waals surface area contributed by atoms with Crippen LogP contribution in [0.4, 0.5) is 0 Å². The molecule has 1 aliphatic heterocycles. The van der Waals surface area contributed by atoms with Crippen molar-refractivity contribution in [3.8, 4) is 0 Å². The van der Waals surface area contributed by atoms with Gasteiger partial charge in [0, 0.05) is 43.9 Å². The Morgan fingerprint density at radius 2 is 2.07 bits per heavy atom. The van der Waals surface area contributed by atoms with Crippen molar-refractivity contribution in [1.29, 1.82) is 0 Å². The molecule has 146 valence electrons. The number of hydrogen-bond donors (Lipinski definition) is 1. The molecule has 0 spiro atoms. The second-order valence-electron chi connectivity index (χ2n) is 7.27. The molecule has 8 heteroatoms. The van der Waals surface area contributed by atoms with Gasteiger partial charge in [-0.3, -0.25) is 14.3 Å². The van der Waals surface area contributed by atoms with Crippen molar-refractivity contribution in [2.45, 2.75) is 58.5 Å². The minimum atomic E-state index is -0.251. The summed E-state index contributed by atoms with van der Waals surface area (Å²) in [6.07, 6.45) is 4.41. The molecule has 0 atom stereocenters. The lowest BCUT2D eigenvalue weighted by molar-refractivity contribution is 0.0704. The molecule has 2 amide bonds. The maximum Gasteiger partial charge on any atom is 0.290 e. The van der Waals surface area contributed by atoms with Gasteiger partial charge in [-0.05, 0) is 39.2 Å². The number of likely N-dealkylation sites (tertiary alicyclic amines) is 1. The van der Waals surface area contributed by atoms with E-state index < -0.39 is 0 Å². The summed E-state index contributed by atoms with van der Waals surface area (Å²) >= 11 is 0. The third-order valence-corrected chi connectivity index (χ3v) is 4.68. The first-order valence-corrected chi connectivity index (χ1v) is 9.58. The van der Waals surface area contributed by atoms with E-state index in [-0.39, 0.29) is 29.5 Å². The van der Waals surface area contributed by atoms with Crippen molar-refractivity contribution < 1.29 is 14.1 Å². The zero-order valence-corrected chi connectivity index (χ0v) is 16.1. The summed E-state index contributed by atoms with van der Waals surface area (Å²) < 4.78 is 7.00. The number of nitrogens with zero attached hydrogens (tertiary/aromatic N) is 4. The molecule has 3 rings (SSSR count). The lowest BCUT2D eigenvalue weighted by atomic mass is 9.93. The molecule has 2 aromatic heterocycles. The molecule has 1 fully saturated rings. The summed E-state index contributed by atoms with van der Waals surface area (Å²) in [5.74, 6) is 0.147. The number of carbonyl (C=O) groups is 2. The van der Waals surface area contributed by atoms with Crippen molar-refractivity contribution >= 4 is 11.8 Å². The first kappa shape index (κ1) is 19.1. The van der Waals surface area contributed by atoms with Crippen LogP contribution in [-0.2, 0) is 6.54 Å². The Hall–Kier alpha value is -2.64. The summed E-state index contributed by atoms with van der Waals surface area (Å²) in [4.78, 5) is 26.4. The molecule has 0 radical (unpaired) electrons. The monoisotopic (exact) mass is 373 g/mol. The van der Waals surface area contributed by atoms with E-state index in [4.69, 9.17) is 4.52 Å². The molecule has 0 unspecified atom stereocenters. The molecule has 8 nitrogen and oxygen atoms in total. The Bertz CT molecular complexity index is 787. The summed E-state index contributed by atoms with van der Waals surface area (Å²) in [6, 6.07) is 3.54. The average molecular weight is 373 g/mol. The van der Waals surface area contributed by atoms with E-state index in [2.05, 4.69) is 22.5 Å². The van der Waals surface area contributed by atoms with E-state index >= 15 is 0 Å². The zero-order chi connectivity index (χ0) is 19.4. The van der Waals surface area contributed by atoms with E-state index in [9.17, 15) is 9.59 Å². The SMILES string of the molecule is CCCn1ccc(C(=O)N2CCC(c3cc(C(=O)NC(C)C)on3)CC2)n1. The fourth-order valence-corrected chi connectivity index (χ4v) is 3.29. The van der Waals surface area contributed by atoms with Crippen LogP contribution in [0.1, 0.15) is 72.7 Å². The number of aromatic nitrogens is 3. The molecule has 0 aromatic carbocycles. The molecule has 27 heavy (non-hydrogen) atoms. The highest BCUT2D eigenvalue weighted by atomic mass is 16.5. The standard InChI is InChI=1S/C19H27N5O3/c1-4-8-24-11-7-15(21-24)19(26)23-9-5-14(6-10-23)16-12-17(27-22-16)18(25)20-13(2)3/h7,11-14H,4-6,8-10H2,1-3H3,(H,20,25). The second kappa shape index (κ2) is 8.37. The minimum Gasteiger partial charge on any atom is -0.351 e. The number of hydrogen-bond acceptors (Lipinski definition) is 5. The largest absolute Gasteiger partial charge is 0.351 e. The summed E-state index contributed by atoms with van der Waals surface area (Å²) in [5, 5.41) is 11.2. The predicted octanol–water partition coefficient (Wildman–Crippen LogP) is 2.44. The summed E-state index contributed by atoms with van der Waals surface area (Å²) in [7, 11) is 0. The molecule has 1 saturated heterocycles. The molecule has 1 N–H and O–H groups in total. The maximum absolute atomic E-state index is 12.6. The Labute approximate surface area is 158 Å². The molecule has 3 heterocycles. The van der Waals surface area contributed by atoms with Gasteiger partial charge in [0.1, 0.15) is 5.69 Å². The van der Waals surface area contributed by atoms with Crippen molar-refractivity contribution in [2.24, 2.45) is 0 Å². The molecule has 0 bridgehead atoms. The van der Waals surface area contributed by atoms with Gasteiger partial charge in [-0.1, -0.05) is 12.1 Å². The smallest absolute Gasteiger partial charge is 0.290 e. The summed E-state index contributed by atoms with van der Waals surface area (Å²) in [5.41, 5.74) is 1.28. The number of piperidine rings is 1. The van der Waals surface area contributed by atoms with Gasteiger partial charge in [0.25, 0.3) is 11.8 Å². The van der Waals surface area contributed by atoms with Crippen LogP contribution in [0.15, 0.2) is 22.9 Å². The quantitative estimate of drug-likeness (QED) is 0.839. The van der Waals surface area contributed by atoms with Crippen LogP contribution in [0.5, 0.6) is 0 Å². The maximum atomic E-state index is 12.6. The highest BCUT2D eigenvalue weighted by Crippen LogP contribution is 2.28. The van der Waals surface area contributed by atoms with E-state index in [1.807, 2.05) is 24.9 Å². The Kier molecular flexibility index (Phi) is 5.93. The van der Waals surface area contributed by atoms with Crippen molar-refractivity contribution in [3.05, 3.63) is 35.5 Å². The fourth-order valence-electron chi connectivity index (χ4n) is 3.29. The zero-order valence-electron chi connectivity index (χ0n) is 16.1. The molecule has 1 aliphatic rings. The highest BCUT2D eigenvalue weighted by molar-refractivity contribution is 5.92. The lowest BCUT2D eigenvalue weighted by Crippen LogP contribution is -2.38. The van der Waals surface area contributed by atoms with Crippen molar-refractivity contribution in [3.63, 3.8) is 0 Å². The Balaban J connectivity index is 1.56. The Morgan fingerprint density at radius 3 is 2.74 bits per heavy atom. The van der Waals surface area contributed by atoms with Crippen LogP contribution in [0.2, 0.25) is 0 Å². The van der Waals surface area contributed by atoms with Gasteiger partial charge in [-0.2, -0.15) is 5.10 Å². The van der Waals surface area contributed by atoms with Gasteiger partial charge < -0.3 is 14.7 Å². The second-order valence-corrected chi connectivity index (χ2v) is 7.27.